The molecular weight excluding hydrogens is 82.0 g/mol. The number of aliphatic hydroxyl groups excluding tert-OH is 2. The van der Waals surface area contributed by atoms with Gasteiger partial charge in [-0.1, -0.05) is 6.58 Å². The van der Waals surface area contributed by atoms with Gasteiger partial charge >= 0.3 is 0 Å². The molecule has 0 radical (unpaired) electrons. The minimum atomic E-state index is -1.29. The van der Waals surface area contributed by atoms with E-state index in [0.717, 1.165) is 0 Å². The Labute approximate surface area is 35.7 Å². The third kappa shape index (κ3) is 1.75. The van der Waals surface area contributed by atoms with Crippen LogP contribution in [0.25, 0.3) is 0 Å². The molecule has 0 heterocycles. The fraction of sp³-hybridized carbons (Fsp3) is 0.333. The highest BCUT2D eigenvalue weighted by molar-refractivity contribution is 4.83. The van der Waals surface area contributed by atoms with E-state index in [4.69, 9.17) is 10.2 Å². The number of hydrogen-bond acceptors (Lipinski definition) is 3. The fourth-order valence-corrected chi connectivity index (χ4v) is 0. The van der Waals surface area contributed by atoms with Gasteiger partial charge in [0.25, 0.3) is 0 Å². The summed E-state index contributed by atoms with van der Waals surface area (Å²) >= 11 is 0. The van der Waals surface area contributed by atoms with Crippen LogP contribution in [0.4, 0.5) is 0 Å². The van der Waals surface area contributed by atoms with Gasteiger partial charge < -0.3 is 10.2 Å². The molecule has 0 spiro atoms. The van der Waals surface area contributed by atoms with E-state index in [1.807, 2.05) is 0 Å². The molecule has 4 N–H and O–H groups in total. The van der Waals surface area contributed by atoms with Gasteiger partial charge in [0.05, 0.1) is 0 Å². The molecule has 0 aromatic heterocycles. The first-order valence-electron chi connectivity index (χ1n) is 1.46. The molecule has 3 heteroatoms. The second kappa shape index (κ2) is 1.79. The number of hydrogen-bond donors (Lipinski definition) is 3. The van der Waals surface area contributed by atoms with Crippen molar-refractivity contribution in [1.29, 1.82) is 0 Å². The number of rotatable bonds is 1. The number of aliphatic hydroxyl groups is 2. The quantitative estimate of drug-likeness (QED) is 0.295. The monoisotopic (exact) mass is 89.0 g/mol. The van der Waals surface area contributed by atoms with Crippen LogP contribution in [-0.4, -0.2) is 16.4 Å². The van der Waals surface area contributed by atoms with Crippen LogP contribution in [0.2, 0.25) is 0 Å². The van der Waals surface area contributed by atoms with Gasteiger partial charge in [-0.15, -0.1) is 0 Å². The lowest BCUT2D eigenvalue weighted by atomic mass is 10.5. The summed E-state index contributed by atoms with van der Waals surface area (Å²) in [7, 11) is 0. The van der Waals surface area contributed by atoms with Gasteiger partial charge in [-0.25, -0.2) is 0 Å². The molecule has 36 valence electrons. The molecule has 6 heavy (non-hydrogen) atoms. The standard InChI is InChI=1S/C3H7NO2/c1-2(5)3(4)6/h3,5-6H,1,4H2. The van der Waals surface area contributed by atoms with Crippen LogP contribution in [0.1, 0.15) is 0 Å². The topological polar surface area (TPSA) is 66.5 Å². The summed E-state index contributed by atoms with van der Waals surface area (Å²) in [5.74, 6) is -0.407. The van der Waals surface area contributed by atoms with E-state index in [1.54, 1.807) is 0 Å². The Bertz CT molecular complexity index is 59.8. The predicted octanol–water partition coefficient (Wildman–Crippen LogP) is -0.665. The predicted molar refractivity (Wildman–Crippen MR) is 22.0 cm³/mol. The average Bonchev–Trinajstić information content (AvgIpc) is 1.36. The minimum Gasteiger partial charge on any atom is -0.509 e. The largest absolute Gasteiger partial charge is 0.509 e. The zero-order valence-electron chi connectivity index (χ0n) is 3.26. The Morgan fingerprint density at radius 1 is 1.83 bits per heavy atom. The SMILES string of the molecule is C=C(O)C(N)O. The van der Waals surface area contributed by atoms with Crippen molar-refractivity contribution in [2.45, 2.75) is 6.23 Å². The van der Waals surface area contributed by atoms with Gasteiger partial charge in [-0.05, 0) is 0 Å². The lowest BCUT2D eigenvalue weighted by Crippen LogP contribution is -2.20. The van der Waals surface area contributed by atoms with Crippen LogP contribution in [0.3, 0.4) is 0 Å². The molecule has 0 fully saturated rings. The summed E-state index contributed by atoms with van der Waals surface area (Å²) in [5.41, 5.74) is 4.64. The van der Waals surface area contributed by atoms with Crippen molar-refractivity contribution >= 4 is 0 Å². The van der Waals surface area contributed by atoms with E-state index in [0.29, 0.717) is 0 Å². The van der Waals surface area contributed by atoms with Gasteiger partial charge in [0.15, 0.2) is 6.23 Å². The highest BCUT2D eigenvalue weighted by atomic mass is 16.3. The van der Waals surface area contributed by atoms with E-state index in [1.165, 1.54) is 0 Å². The summed E-state index contributed by atoms with van der Waals surface area (Å²) in [6.07, 6.45) is -1.29. The van der Waals surface area contributed by atoms with E-state index in [2.05, 4.69) is 12.3 Å². The van der Waals surface area contributed by atoms with Crippen molar-refractivity contribution in [3.63, 3.8) is 0 Å². The van der Waals surface area contributed by atoms with E-state index < -0.39 is 12.0 Å². The Morgan fingerprint density at radius 2 is 2.00 bits per heavy atom. The maximum absolute atomic E-state index is 8.06. The second-order valence-electron chi connectivity index (χ2n) is 0.936. The van der Waals surface area contributed by atoms with Crippen LogP contribution in [0, 0.1) is 0 Å². The number of nitrogens with two attached hydrogens (primary N) is 1. The molecular formula is C3H7NO2. The highest BCUT2D eigenvalue weighted by Gasteiger charge is 1.93. The van der Waals surface area contributed by atoms with Crippen LogP contribution in [0.15, 0.2) is 12.3 Å². The third-order valence-corrected chi connectivity index (χ3v) is 0.341. The smallest absolute Gasteiger partial charge is 0.159 e. The van der Waals surface area contributed by atoms with E-state index in [9.17, 15) is 0 Å². The van der Waals surface area contributed by atoms with Crippen LogP contribution >= 0.6 is 0 Å². The summed E-state index contributed by atoms with van der Waals surface area (Å²) in [6, 6.07) is 0. The molecule has 0 saturated carbocycles. The molecule has 0 aromatic carbocycles. The van der Waals surface area contributed by atoms with Crippen molar-refractivity contribution in [2.75, 3.05) is 0 Å². The van der Waals surface area contributed by atoms with Crippen molar-refractivity contribution in [3.8, 4) is 0 Å². The van der Waals surface area contributed by atoms with Gasteiger partial charge in [0.2, 0.25) is 0 Å². The van der Waals surface area contributed by atoms with Crippen molar-refractivity contribution in [3.05, 3.63) is 12.3 Å². The summed E-state index contributed by atoms with van der Waals surface area (Å²) in [5, 5.41) is 16.1. The molecule has 1 atom stereocenters. The summed E-state index contributed by atoms with van der Waals surface area (Å²) < 4.78 is 0. The molecule has 0 amide bonds. The summed E-state index contributed by atoms with van der Waals surface area (Å²) in [6.45, 7) is 2.94. The fourth-order valence-electron chi connectivity index (χ4n) is 0. The van der Waals surface area contributed by atoms with E-state index >= 15 is 0 Å². The van der Waals surface area contributed by atoms with Crippen LogP contribution in [-0.2, 0) is 0 Å². The lowest BCUT2D eigenvalue weighted by Gasteiger charge is -1.96. The van der Waals surface area contributed by atoms with Gasteiger partial charge in [0.1, 0.15) is 5.76 Å². The zero-order valence-corrected chi connectivity index (χ0v) is 3.26. The average molecular weight is 89.1 g/mol. The summed E-state index contributed by atoms with van der Waals surface area (Å²) in [4.78, 5) is 0. The molecule has 1 unspecified atom stereocenters. The third-order valence-electron chi connectivity index (χ3n) is 0.341. The van der Waals surface area contributed by atoms with Crippen molar-refractivity contribution in [1.82, 2.24) is 0 Å². The second-order valence-corrected chi connectivity index (χ2v) is 0.936. The Balaban J connectivity index is 3.26. The Hall–Kier alpha value is -0.540. The Kier molecular flexibility index (Phi) is 1.63. The minimum absolute atomic E-state index is 0.407. The lowest BCUT2D eigenvalue weighted by molar-refractivity contribution is 0.160. The molecule has 0 saturated heterocycles. The van der Waals surface area contributed by atoms with E-state index in [-0.39, 0.29) is 0 Å². The van der Waals surface area contributed by atoms with Crippen LogP contribution in [0.5, 0.6) is 0 Å². The molecule has 0 rings (SSSR count). The molecule has 3 nitrogen and oxygen atoms in total. The first-order chi connectivity index (χ1) is 2.64. The molecule has 0 aromatic rings. The van der Waals surface area contributed by atoms with Crippen molar-refractivity contribution in [2.24, 2.45) is 5.73 Å². The van der Waals surface area contributed by atoms with Gasteiger partial charge in [-0.3, -0.25) is 5.73 Å². The molecule has 0 aliphatic heterocycles. The maximum Gasteiger partial charge on any atom is 0.159 e. The molecule has 0 aliphatic carbocycles. The Morgan fingerprint density at radius 3 is 2.00 bits per heavy atom. The highest BCUT2D eigenvalue weighted by Crippen LogP contribution is 1.80. The first-order valence-corrected chi connectivity index (χ1v) is 1.46. The van der Waals surface area contributed by atoms with Crippen LogP contribution < -0.4 is 5.73 Å². The molecule has 0 aliphatic rings. The maximum atomic E-state index is 8.06. The van der Waals surface area contributed by atoms with Crippen molar-refractivity contribution < 1.29 is 10.2 Å². The zero-order chi connectivity index (χ0) is 5.15. The normalized spacial score (nSPS) is 13.7. The first kappa shape index (κ1) is 5.46. The molecule has 0 bridgehead atoms. The van der Waals surface area contributed by atoms with Gasteiger partial charge in [-0.2, -0.15) is 0 Å². The van der Waals surface area contributed by atoms with Gasteiger partial charge in [0, 0.05) is 0 Å².